The van der Waals surface area contributed by atoms with E-state index in [1.807, 2.05) is 24.3 Å². The van der Waals surface area contributed by atoms with Crippen molar-refractivity contribution in [3.05, 3.63) is 119 Å². The molecule has 0 bridgehead atoms. The summed E-state index contributed by atoms with van der Waals surface area (Å²) in [6.45, 7) is 3.76. The molecule has 5 heterocycles. The van der Waals surface area contributed by atoms with Gasteiger partial charge in [-0.15, -0.1) is 0 Å². The number of benzene rings is 4. The van der Waals surface area contributed by atoms with E-state index in [1.165, 1.54) is 33.2 Å². The van der Waals surface area contributed by atoms with E-state index >= 15 is 0 Å². The molecule has 10 heteroatoms. The second-order valence-corrected chi connectivity index (χ2v) is 13.9. The summed E-state index contributed by atoms with van der Waals surface area (Å²) in [5.41, 5.74) is 9.13. The van der Waals surface area contributed by atoms with Crippen molar-refractivity contribution in [2.75, 3.05) is 26.2 Å². The van der Waals surface area contributed by atoms with Gasteiger partial charge in [0.25, 0.3) is 0 Å². The SMILES string of the molecule is Clc1ccc2c(CCC3C[N+](c4cccc5[nH]ccc45)(c4cccc5[nH]ccc45)CCN3CCc3[nH]nc4cc(Cl)ccc34)[nH]nc2c1. The monoisotopic (exact) mass is 673 g/mol. The van der Waals surface area contributed by atoms with E-state index in [0.29, 0.717) is 10.0 Å². The predicted octanol–water partition coefficient (Wildman–Crippen LogP) is 8.91. The topological polar surface area (TPSA) is 92.2 Å². The van der Waals surface area contributed by atoms with Crippen LogP contribution in [0.15, 0.2) is 97.3 Å². The van der Waals surface area contributed by atoms with Gasteiger partial charge in [-0.3, -0.25) is 19.6 Å². The Morgan fingerprint density at radius 2 is 1.27 bits per heavy atom. The maximum absolute atomic E-state index is 6.30. The number of rotatable bonds is 8. The van der Waals surface area contributed by atoms with Crippen LogP contribution < -0.4 is 4.48 Å². The number of aryl methyl sites for hydroxylation is 1. The molecule has 0 saturated carbocycles. The van der Waals surface area contributed by atoms with E-state index < -0.39 is 0 Å². The zero-order valence-corrected chi connectivity index (χ0v) is 27.8. The van der Waals surface area contributed by atoms with Crippen LogP contribution >= 0.6 is 23.2 Å². The fourth-order valence-corrected chi connectivity index (χ4v) is 8.43. The van der Waals surface area contributed by atoms with Gasteiger partial charge in [-0.05, 0) is 73.5 Å². The van der Waals surface area contributed by atoms with E-state index in [0.717, 1.165) is 83.1 Å². The average molecular weight is 675 g/mol. The van der Waals surface area contributed by atoms with Crippen molar-refractivity contribution in [1.29, 1.82) is 0 Å². The van der Waals surface area contributed by atoms with Crippen molar-refractivity contribution in [2.24, 2.45) is 0 Å². The van der Waals surface area contributed by atoms with Gasteiger partial charge in [0.15, 0.2) is 0 Å². The zero-order valence-electron chi connectivity index (χ0n) is 26.3. The first-order valence-corrected chi connectivity index (χ1v) is 17.3. The van der Waals surface area contributed by atoms with Gasteiger partial charge >= 0.3 is 0 Å². The third kappa shape index (κ3) is 4.99. The van der Waals surface area contributed by atoms with Crippen LogP contribution in [-0.4, -0.2) is 67.5 Å². The largest absolute Gasteiger partial charge is 0.361 e. The van der Waals surface area contributed by atoms with Crippen molar-refractivity contribution in [1.82, 2.24) is 39.7 Å². The van der Waals surface area contributed by atoms with Gasteiger partial charge in [-0.25, -0.2) is 0 Å². The highest BCUT2D eigenvalue weighted by Crippen LogP contribution is 2.45. The number of H-pyrrole nitrogens is 4. The summed E-state index contributed by atoms with van der Waals surface area (Å²) in [5.74, 6) is 0. The lowest BCUT2D eigenvalue weighted by Gasteiger charge is -2.48. The lowest BCUT2D eigenvalue weighted by atomic mass is 9.97. The molecule has 4 aromatic heterocycles. The molecule has 1 aliphatic rings. The minimum Gasteiger partial charge on any atom is -0.361 e. The fraction of sp³-hybridized carbons (Fsp3) is 0.211. The number of halogens is 2. The Morgan fingerprint density at radius 3 is 1.88 bits per heavy atom. The number of hydrogen-bond acceptors (Lipinski definition) is 3. The second-order valence-electron chi connectivity index (χ2n) is 13.0. The molecular formula is C38H35Cl2N8+. The predicted molar refractivity (Wildman–Crippen MR) is 197 cm³/mol. The molecule has 8 aromatic rings. The van der Waals surface area contributed by atoms with Gasteiger partial charge in [0, 0.05) is 76.2 Å². The number of hydrogen-bond donors (Lipinski definition) is 4. The molecule has 1 saturated heterocycles. The van der Waals surface area contributed by atoms with Crippen LogP contribution in [0, 0.1) is 0 Å². The lowest BCUT2D eigenvalue weighted by Crippen LogP contribution is -2.62. The van der Waals surface area contributed by atoms with Crippen molar-refractivity contribution >= 4 is 78.2 Å². The Labute approximate surface area is 287 Å². The summed E-state index contributed by atoms with van der Waals surface area (Å²) < 4.78 is 0.774. The molecule has 240 valence electrons. The Bertz CT molecular complexity index is 2340. The molecule has 4 N–H and O–H groups in total. The van der Waals surface area contributed by atoms with E-state index in [9.17, 15) is 0 Å². The average Bonchev–Trinajstić information content (AvgIpc) is 3.92. The van der Waals surface area contributed by atoms with Gasteiger partial charge in [0.1, 0.15) is 24.5 Å². The van der Waals surface area contributed by atoms with Crippen molar-refractivity contribution < 1.29 is 0 Å². The Balaban J connectivity index is 1.12. The van der Waals surface area contributed by atoms with Gasteiger partial charge in [-0.2, -0.15) is 10.2 Å². The van der Waals surface area contributed by atoms with E-state index in [2.05, 4.69) is 108 Å². The quantitative estimate of drug-likeness (QED) is 0.121. The van der Waals surface area contributed by atoms with E-state index in [4.69, 9.17) is 23.2 Å². The third-order valence-corrected chi connectivity index (χ3v) is 10.9. The molecule has 48 heavy (non-hydrogen) atoms. The van der Waals surface area contributed by atoms with Gasteiger partial charge in [0.2, 0.25) is 0 Å². The molecule has 1 fully saturated rings. The second kappa shape index (κ2) is 11.8. The Morgan fingerprint density at radius 1 is 0.688 bits per heavy atom. The van der Waals surface area contributed by atoms with Crippen LogP contribution in [-0.2, 0) is 12.8 Å². The van der Waals surface area contributed by atoms with E-state index in [1.54, 1.807) is 0 Å². The minimum atomic E-state index is 0.288. The standard InChI is InChI=1S/C38H35Cl2N8/c39-24-7-10-27-33(43-45-35(27)21-24)12-9-26-23-48(37-5-1-3-31-29(37)13-16-41-31,38-6-2-4-32-30(38)14-17-42-32)20-19-47(26)18-15-34-28-11-8-25(40)22-36(28)46-44-34/h1-8,10-11,13-14,16-17,21-22,26,41-42H,9,12,15,18-20,23H2,(H,43,45)(H,44,46)/q+1. The number of fused-ring (bicyclic) bond motifs is 4. The number of aromatic nitrogens is 6. The van der Waals surface area contributed by atoms with Crippen LogP contribution in [0.1, 0.15) is 17.8 Å². The molecule has 0 radical (unpaired) electrons. The number of nitrogens with zero attached hydrogens (tertiary/aromatic N) is 4. The van der Waals surface area contributed by atoms with E-state index in [-0.39, 0.29) is 6.04 Å². The number of aromatic amines is 4. The molecule has 1 atom stereocenters. The minimum absolute atomic E-state index is 0.288. The first-order chi connectivity index (χ1) is 23.6. The molecule has 4 aromatic carbocycles. The van der Waals surface area contributed by atoms with Crippen LogP contribution in [0.3, 0.4) is 0 Å². The molecule has 0 aliphatic carbocycles. The fourth-order valence-electron chi connectivity index (χ4n) is 8.10. The molecule has 0 spiro atoms. The third-order valence-electron chi connectivity index (χ3n) is 10.4. The summed E-state index contributed by atoms with van der Waals surface area (Å²) in [7, 11) is 0. The Kier molecular flexibility index (Phi) is 7.27. The Hall–Kier alpha value is -4.60. The molecule has 1 aliphatic heterocycles. The number of nitrogens with one attached hydrogen (secondary N) is 4. The smallest absolute Gasteiger partial charge is 0.147 e. The lowest BCUT2D eigenvalue weighted by molar-refractivity contribution is 0.103. The first-order valence-electron chi connectivity index (χ1n) is 16.6. The molecule has 9 rings (SSSR count). The summed E-state index contributed by atoms with van der Waals surface area (Å²) in [6.07, 6.45) is 6.86. The highest BCUT2D eigenvalue weighted by atomic mass is 35.5. The van der Waals surface area contributed by atoms with Crippen LogP contribution in [0.25, 0.3) is 43.6 Å². The molecule has 0 amide bonds. The van der Waals surface area contributed by atoms with Gasteiger partial charge in [-0.1, -0.05) is 35.3 Å². The van der Waals surface area contributed by atoms with Crippen LogP contribution in [0.4, 0.5) is 11.4 Å². The highest BCUT2D eigenvalue weighted by Gasteiger charge is 2.44. The zero-order chi connectivity index (χ0) is 32.2. The maximum Gasteiger partial charge on any atom is 0.147 e. The number of quaternary nitrogens is 1. The molecule has 8 nitrogen and oxygen atoms in total. The normalized spacial score (nSPS) is 16.9. The highest BCUT2D eigenvalue weighted by molar-refractivity contribution is 6.31. The van der Waals surface area contributed by atoms with Crippen molar-refractivity contribution in [2.45, 2.75) is 25.3 Å². The van der Waals surface area contributed by atoms with Crippen LogP contribution in [0.2, 0.25) is 10.0 Å². The summed E-state index contributed by atoms with van der Waals surface area (Å²) >= 11 is 12.6. The molecule has 1 unspecified atom stereocenters. The first kappa shape index (κ1) is 29.5. The van der Waals surface area contributed by atoms with Gasteiger partial charge in [0.05, 0.1) is 38.9 Å². The summed E-state index contributed by atoms with van der Waals surface area (Å²) in [6, 6.07) is 30.1. The summed E-state index contributed by atoms with van der Waals surface area (Å²) in [4.78, 5) is 9.64. The summed E-state index contributed by atoms with van der Waals surface area (Å²) in [5, 5.41) is 22.0. The van der Waals surface area contributed by atoms with Crippen molar-refractivity contribution in [3.8, 4) is 0 Å². The number of piperazine rings is 1. The van der Waals surface area contributed by atoms with Crippen LogP contribution in [0.5, 0.6) is 0 Å². The van der Waals surface area contributed by atoms with Gasteiger partial charge < -0.3 is 9.97 Å². The molecular weight excluding hydrogens is 639 g/mol. The maximum atomic E-state index is 6.30. The van der Waals surface area contributed by atoms with Crippen molar-refractivity contribution in [3.63, 3.8) is 0 Å².